The summed E-state index contributed by atoms with van der Waals surface area (Å²) >= 11 is 0. The predicted molar refractivity (Wildman–Crippen MR) is 71.2 cm³/mol. The molecule has 0 spiro atoms. The maximum atomic E-state index is 11.7. The molecular weight excluding hydrogens is 262 g/mol. The van der Waals surface area contributed by atoms with Gasteiger partial charge in [0.2, 0.25) is 0 Å². The topological polar surface area (TPSA) is 96.5 Å². The number of carbonyl (C=O) groups is 1. The van der Waals surface area contributed by atoms with Crippen molar-refractivity contribution in [1.29, 1.82) is 5.26 Å². The van der Waals surface area contributed by atoms with Crippen LogP contribution < -0.4 is 4.74 Å². The molecule has 0 N–H and O–H groups in total. The van der Waals surface area contributed by atoms with Gasteiger partial charge in [0.05, 0.1) is 17.4 Å². The van der Waals surface area contributed by atoms with Crippen molar-refractivity contribution in [1.82, 2.24) is 4.90 Å². The number of ether oxygens (including phenoxy) is 1. The number of nitro benzene ring substituents is 1. The molecule has 1 aromatic carbocycles. The lowest BCUT2D eigenvalue weighted by molar-refractivity contribution is -0.384. The molecule has 1 aromatic rings. The van der Waals surface area contributed by atoms with Crippen molar-refractivity contribution in [2.45, 2.75) is 13.3 Å². The Balaban J connectivity index is 2.60. The molecule has 20 heavy (non-hydrogen) atoms. The van der Waals surface area contributed by atoms with Gasteiger partial charge in [0.1, 0.15) is 5.75 Å². The van der Waals surface area contributed by atoms with Gasteiger partial charge >= 0.3 is 0 Å². The standard InChI is InChI=1S/C13H15N3O4/c1-10-8-11(16(18)19)4-5-12(10)20-9-13(17)15(2)7-3-6-14/h4-5,8H,3,7,9H2,1-2H3. The van der Waals surface area contributed by atoms with Crippen LogP contribution in [0.1, 0.15) is 12.0 Å². The van der Waals surface area contributed by atoms with Crippen LogP contribution >= 0.6 is 0 Å². The van der Waals surface area contributed by atoms with E-state index in [9.17, 15) is 14.9 Å². The van der Waals surface area contributed by atoms with Crippen molar-refractivity contribution in [2.75, 3.05) is 20.2 Å². The van der Waals surface area contributed by atoms with Gasteiger partial charge in [0, 0.05) is 25.7 Å². The van der Waals surface area contributed by atoms with Gasteiger partial charge in [-0.2, -0.15) is 5.26 Å². The molecule has 1 amide bonds. The van der Waals surface area contributed by atoms with Crippen LogP contribution in [-0.4, -0.2) is 35.9 Å². The number of benzene rings is 1. The minimum atomic E-state index is -0.488. The maximum Gasteiger partial charge on any atom is 0.269 e. The van der Waals surface area contributed by atoms with E-state index in [1.54, 1.807) is 14.0 Å². The van der Waals surface area contributed by atoms with Crippen LogP contribution in [-0.2, 0) is 4.79 Å². The van der Waals surface area contributed by atoms with Crippen molar-refractivity contribution in [3.8, 4) is 11.8 Å². The monoisotopic (exact) mass is 277 g/mol. The summed E-state index contributed by atoms with van der Waals surface area (Å²) in [5, 5.41) is 19.0. The predicted octanol–water partition coefficient (Wildman–Crippen LogP) is 1.65. The molecule has 0 saturated heterocycles. The Hall–Kier alpha value is -2.62. The molecule has 0 saturated carbocycles. The van der Waals surface area contributed by atoms with Crippen molar-refractivity contribution in [3.05, 3.63) is 33.9 Å². The number of aryl methyl sites for hydroxylation is 1. The molecule has 7 nitrogen and oxygen atoms in total. The summed E-state index contributed by atoms with van der Waals surface area (Å²) in [6.07, 6.45) is 0.263. The van der Waals surface area contributed by atoms with Crippen LogP contribution in [0.4, 0.5) is 5.69 Å². The van der Waals surface area contributed by atoms with E-state index in [2.05, 4.69) is 0 Å². The van der Waals surface area contributed by atoms with E-state index in [4.69, 9.17) is 10.00 Å². The minimum Gasteiger partial charge on any atom is -0.483 e. The lowest BCUT2D eigenvalue weighted by atomic mass is 10.2. The van der Waals surface area contributed by atoms with Crippen LogP contribution in [0.3, 0.4) is 0 Å². The van der Waals surface area contributed by atoms with Crippen molar-refractivity contribution < 1.29 is 14.5 Å². The van der Waals surface area contributed by atoms with Crippen LogP contribution in [0, 0.1) is 28.4 Å². The van der Waals surface area contributed by atoms with E-state index in [1.807, 2.05) is 6.07 Å². The first-order valence-corrected chi connectivity index (χ1v) is 5.94. The second-order valence-corrected chi connectivity index (χ2v) is 4.22. The van der Waals surface area contributed by atoms with Crippen LogP contribution in [0.25, 0.3) is 0 Å². The van der Waals surface area contributed by atoms with E-state index in [1.165, 1.54) is 23.1 Å². The summed E-state index contributed by atoms with van der Waals surface area (Å²) in [6.45, 7) is 1.85. The fourth-order valence-corrected chi connectivity index (χ4v) is 1.50. The first kappa shape index (κ1) is 15.4. The highest BCUT2D eigenvalue weighted by atomic mass is 16.6. The Morgan fingerprint density at radius 1 is 1.55 bits per heavy atom. The lowest BCUT2D eigenvalue weighted by Crippen LogP contribution is -2.32. The molecule has 0 fully saturated rings. The third kappa shape index (κ3) is 4.24. The largest absolute Gasteiger partial charge is 0.483 e. The zero-order valence-electron chi connectivity index (χ0n) is 11.3. The van der Waals surface area contributed by atoms with E-state index in [-0.39, 0.29) is 24.6 Å². The molecule has 0 radical (unpaired) electrons. The molecule has 0 unspecified atom stereocenters. The van der Waals surface area contributed by atoms with E-state index in [0.717, 1.165) is 0 Å². The van der Waals surface area contributed by atoms with Gasteiger partial charge in [-0.1, -0.05) is 0 Å². The smallest absolute Gasteiger partial charge is 0.269 e. The van der Waals surface area contributed by atoms with Gasteiger partial charge in [0.15, 0.2) is 6.61 Å². The van der Waals surface area contributed by atoms with Gasteiger partial charge in [0.25, 0.3) is 11.6 Å². The Labute approximate surface area is 116 Å². The second-order valence-electron chi connectivity index (χ2n) is 4.22. The van der Waals surface area contributed by atoms with Crippen molar-refractivity contribution >= 4 is 11.6 Å². The summed E-state index contributed by atoms with van der Waals surface area (Å²) in [7, 11) is 1.59. The summed E-state index contributed by atoms with van der Waals surface area (Å²) in [4.78, 5) is 23.2. The highest BCUT2D eigenvalue weighted by molar-refractivity contribution is 5.77. The zero-order valence-corrected chi connectivity index (χ0v) is 11.3. The fourth-order valence-electron chi connectivity index (χ4n) is 1.50. The molecule has 0 aliphatic rings. The van der Waals surface area contributed by atoms with Crippen LogP contribution in [0.2, 0.25) is 0 Å². The van der Waals surface area contributed by atoms with Crippen LogP contribution in [0.5, 0.6) is 5.75 Å². The van der Waals surface area contributed by atoms with Crippen molar-refractivity contribution in [3.63, 3.8) is 0 Å². The molecule has 0 heterocycles. The van der Waals surface area contributed by atoms with Gasteiger partial charge < -0.3 is 9.64 Å². The molecule has 7 heteroatoms. The number of rotatable bonds is 6. The van der Waals surface area contributed by atoms with E-state index >= 15 is 0 Å². The molecule has 0 aliphatic carbocycles. The number of carbonyl (C=O) groups excluding carboxylic acids is 1. The van der Waals surface area contributed by atoms with E-state index in [0.29, 0.717) is 17.9 Å². The van der Waals surface area contributed by atoms with E-state index < -0.39 is 4.92 Å². The molecule has 0 bridgehead atoms. The Morgan fingerprint density at radius 3 is 2.80 bits per heavy atom. The number of nitriles is 1. The fraction of sp³-hybridized carbons (Fsp3) is 0.385. The number of amides is 1. The summed E-state index contributed by atoms with van der Waals surface area (Å²) in [5.41, 5.74) is 0.569. The van der Waals surface area contributed by atoms with Gasteiger partial charge in [-0.25, -0.2) is 0 Å². The SMILES string of the molecule is Cc1cc([N+](=O)[O-])ccc1OCC(=O)N(C)CCC#N. The van der Waals surface area contributed by atoms with Gasteiger partial charge in [-0.05, 0) is 18.6 Å². The number of likely N-dealkylation sites (N-methyl/N-ethyl adjacent to an activating group) is 1. The van der Waals surface area contributed by atoms with Crippen LogP contribution in [0.15, 0.2) is 18.2 Å². The minimum absolute atomic E-state index is 0.0210. The number of hydrogen-bond donors (Lipinski definition) is 0. The number of nitro groups is 1. The first-order chi connectivity index (χ1) is 9.45. The molecular formula is C13H15N3O4. The maximum absolute atomic E-state index is 11.7. The average Bonchev–Trinajstić information content (AvgIpc) is 2.42. The van der Waals surface area contributed by atoms with Gasteiger partial charge in [-0.3, -0.25) is 14.9 Å². The quantitative estimate of drug-likeness (QED) is 0.581. The lowest BCUT2D eigenvalue weighted by Gasteiger charge is -2.16. The Bertz CT molecular complexity index is 551. The van der Waals surface area contributed by atoms with Gasteiger partial charge in [-0.15, -0.1) is 0 Å². The molecule has 0 aliphatic heterocycles. The number of nitrogens with zero attached hydrogens (tertiary/aromatic N) is 3. The molecule has 1 rings (SSSR count). The normalized spacial score (nSPS) is 9.65. The number of non-ortho nitro benzene ring substituents is 1. The molecule has 106 valence electrons. The first-order valence-electron chi connectivity index (χ1n) is 5.94. The highest BCUT2D eigenvalue weighted by Gasteiger charge is 2.12. The molecule has 0 atom stereocenters. The highest BCUT2D eigenvalue weighted by Crippen LogP contribution is 2.23. The Kier molecular flexibility index (Phi) is 5.47. The average molecular weight is 277 g/mol. The summed E-state index contributed by atoms with van der Waals surface area (Å²) in [6, 6.07) is 6.14. The summed E-state index contributed by atoms with van der Waals surface area (Å²) < 4.78 is 5.34. The second kappa shape index (κ2) is 7.09. The summed E-state index contributed by atoms with van der Waals surface area (Å²) in [5.74, 6) is 0.177. The molecule has 0 aromatic heterocycles. The number of hydrogen-bond acceptors (Lipinski definition) is 5. The third-order valence-corrected chi connectivity index (χ3v) is 2.71. The third-order valence-electron chi connectivity index (χ3n) is 2.71. The van der Waals surface area contributed by atoms with Crippen molar-refractivity contribution in [2.24, 2.45) is 0 Å². The zero-order chi connectivity index (χ0) is 15.1. The Morgan fingerprint density at radius 2 is 2.25 bits per heavy atom.